The van der Waals surface area contributed by atoms with Crippen molar-refractivity contribution in [2.24, 2.45) is 25.0 Å². The largest absolute Gasteiger partial charge is 0.493 e. The number of likely N-dealkylation sites (tertiary alicyclic amines) is 1. The molecule has 8 nitrogen and oxygen atoms in total. The Kier molecular flexibility index (Phi) is 7.36. The summed E-state index contributed by atoms with van der Waals surface area (Å²) in [6, 6.07) is 8.24. The van der Waals surface area contributed by atoms with Crippen LogP contribution in [0.25, 0.3) is 0 Å². The minimum atomic E-state index is 0.350. The molecule has 0 aliphatic carbocycles. The first-order valence-corrected chi connectivity index (χ1v) is 10.7. The molecule has 166 valence electrons. The molecular formula is C22H30N6O2S. The summed E-state index contributed by atoms with van der Waals surface area (Å²) in [6.07, 6.45) is 2.22. The van der Waals surface area contributed by atoms with E-state index in [1.807, 2.05) is 19.2 Å². The third kappa shape index (κ3) is 4.92. The molecule has 1 aliphatic rings. The lowest BCUT2D eigenvalue weighted by Gasteiger charge is -2.32. The lowest BCUT2D eigenvalue weighted by atomic mass is 9.97. The van der Waals surface area contributed by atoms with Crippen LogP contribution in [0.4, 0.5) is 5.82 Å². The van der Waals surface area contributed by atoms with Crippen molar-refractivity contribution in [1.29, 1.82) is 5.26 Å². The van der Waals surface area contributed by atoms with E-state index in [1.54, 1.807) is 30.4 Å². The van der Waals surface area contributed by atoms with Crippen molar-refractivity contribution in [3.8, 4) is 17.6 Å². The summed E-state index contributed by atoms with van der Waals surface area (Å²) < 4.78 is 14.7. The average molecular weight is 443 g/mol. The number of benzene rings is 1. The van der Waals surface area contributed by atoms with E-state index in [2.05, 4.69) is 17.0 Å². The first-order chi connectivity index (χ1) is 14.9. The molecule has 3 rings (SSSR count). The molecule has 2 heterocycles. The number of aromatic nitrogens is 2. The molecule has 31 heavy (non-hydrogen) atoms. The number of ether oxygens (including phenoxy) is 2. The van der Waals surface area contributed by atoms with Gasteiger partial charge in [-0.1, -0.05) is 6.07 Å². The molecule has 2 aromatic rings. The highest BCUT2D eigenvalue weighted by atomic mass is 32.1. The highest BCUT2D eigenvalue weighted by Crippen LogP contribution is 2.28. The fraction of sp³-hybridized carbons (Fsp3) is 0.500. The van der Waals surface area contributed by atoms with Gasteiger partial charge in [-0.3, -0.25) is 9.89 Å². The summed E-state index contributed by atoms with van der Waals surface area (Å²) in [5, 5.41) is 9.58. The van der Waals surface area contributed by atoms with E-state index in [1.165, 1.54) is 5.56 Å². The highest BCUT2D eigenvalue weighted by Gasteiger charge is 2.20. The minimum Gasteiger partial charge on any atom is -0.493 e. The van der Waals surface area contributed by atoms with Crippen LogP contribution in [0, 0.1) is 22.0 Å². The van der Waals surface area contributed by atoms with Crippen molar-refractivity contribution in [2.75, 3.05) is 39.6 Å². The van der Waals surface area contributed by atoms with Crippen LogP contribution in [-0.2, 0) is 20.6 Å². The number of hydrogen-bond acceptors (Lipinski definition) is 7. The van der Waals surface area contributed by atoms with Crippen LogP contribution in [0.15, 0.2) is 23.2 Å². The molecule has 1 aliphatic heterocycles. The van der Waals surface area contributed by atoms with Crippen LogP contribution in [0.3, 0.4) is 0 Å². The third-order valence-electron chi connectivity index (χ3n) is 5.80. The van der Waals surface area contributed by atoms with Crippen LogP contribution in [0.2, 0.25) is 0 Å². The first kappa shape index (κ1) is 22.8. The van der Waals surface area contributed by atoms with E-state index in [0.717, 1.165) is 44.0 Å². The van der Waals surface area contributed by atoms with Crippen LogP contribution < -0.4 is 20.7 Å². The fourth-order valence-corrected chi connectivity index (χ4v) is 4.24. The van der Waals surface area contributed by atoms with E-state index < -0.39 is 0 Å². The highest BCUT2D eigenvalue weighted by molar-refractivity contribution is 7.71. The Balaban J connectivity index is 1.76. The zero-order valence-electron chi connectivity index (χ0n) is 18.6. The summed E-state index contributed by atoms with van der Waals surface area (Å²) in [7, 11) is 6.88. The van der Waals surface area contributed by atoms with Crippen molar-refractivity contribution in [1.82, 2.24) is 14.0 Å². The number of nitrogens with two attached hydrogens (primary N) is 1. The molecular weight excluding hydrogens is 412 g/mol. The predicted molar refractivity (Wildman–Crippen MR) is 122 cm³/mol. The lowest BCUT2D eigenvalue weighted by Crippen LogP contribution is -2.37. The van der Waals surface area contributed by atoms with Gasteiger partial charge in [-0.05, 0) is 55.2 Å². The Labute approximate surface area is 188 Å². The van der Waals surface area contributed by atoms with Crippen molar-refractivity contribution in [3.05, 3.63) is 39.6 Å². The SMILES string of the molecule is COc1ccc(CN2CCCC(CN=c3c(C#N)c(N)n(C)c(=S)n3C)C2)cc1OC. The lowest BCUT2D eigenvalue weighted by molar-refractivity contribution is 0.170. The van der Waals surface area contributed by atoms with Gasteiger partial charge in [0.05, 0.1) is 14.2 Å². The standard InChI is InChI=1S/C22H30N6O2S/c1-26-20(24)17(11-23)21(27(2)22(26)31)25-12-16-6-5-9-28(14-16)13-15-7-8-18(29-3)19(10-15)30-4/h7-8,10,16H,5-6,9,12-14,24H2,1-4H3. The number of nitrogens with zero attached hydrogens (tertiary/aromatic N) is 5. The van der Waals surface area contributed by atoms with Gasteiger partial charge in [0.2, 0.25) is 0 Å². The number of hydrogen-bond donors (Lipinski definition) is 1. The second-order valence-electron chi connectivity index (χ2n) is 7.87. The smallest absolute Gasteiger partial charge is 0.182 e. The Hall–Kier alpha value is -2.83. The summed E-state index contributed by atoms with van der Waals surface area (Å²) in [5.41, 5.74) is 8.21. The van der Waals surface area contributed by atoms with E-state index in [0.29, 0.717) is 34.1 Å². The minimum absolute atomic E-state index is 0.350. The number of nitrogen functional groups attached to an aromatic ring is 1. The number of piperidine rings is 1. The van der Waals surface area contributed by atoms with Gasteiger partial charge in [0.15, 0.2) is 21.8 Å². The van der Waals surface area contributed by atoms with Gasteiger partial charge < -0.3 is 24.3 Å². The third-order valence-corrected chi connectivity index (χ3v) is 6.35. The molecule has 9 heteroatoms. The van der Waals surface area contributed by atoms with E-state index in [4.69, 9.17) is 32.4 Å². The maximum absolute atomic E-state index is 9.58. The van der Waals surface area contributed by atoms with Gasteiger partial charge in [-0.15, -0.1) is 0 Å². The second kappa shape index (κ2) is 9.98. The van der Waals surface area contributed by atoms with Gasteiger partial charge >= 0.3 is 0 Å². The molecule has 0 saturated carbocycles. The van der Waals surface area contributed by atoms with Crippen molar-refractivity contribution in [3.63, 3.8) is 0 Å². The van der Waals surface area contributed by atoms with E-state index in [-0.39, 0.29) is 0 Å². The number of nitriles is 1. The summed E-state index contributed by atoms with van der Waals surface area (Å²) in [4.78, 5) is 7.21. The van der Waals surface area contributed by atoms with E-state index in [9.17, 15) is 5.26 Å². The van der Waals surface area contributed by atoms with Crippen LogP contribution in [-0.4, -0.2) is 47.9 Å². The predicted octanol–water partition coefficient (Wildman–Crippen LogP) is 2.38. The summed E-state index contributed by atoms with van der Waals surface area (Å²) in [5.74, 6) is 2.24. The Bertz CT molecular complexity index is 1110. The molecule has 0 amide bonds. The van der Waals surface area contributed by atoms with Crippen molar-refractivity contribution < 1.29 is 9.47 Å². The molecule has 1 saturated heterocycles. The van der Waals surface area contributed by atoms with E-state index >= 15 is 0 Å². The maximum Gasteiger partial charge on any atom is 0.182 e. The monoisotopic (exact) mass is 442 g/mol. The molecule has 1 fully saturated rings. The molecule has 1 unspecified atom stereocenters. The van der Waals surface area contributed by atoms with Gasteiger partial charge in [0, 0.05) is 33.7 Å². The van der Waals surface area contributed by atoms with Crippen molar-refractivity contribution in [2.45, 2.75) is 19.4 Å². The number of methoxy groups -OCH3 is 2. The molecule has 2 N–H and O–H groups in total. The van der Waals surface area contributed by atoms with Crippen LogP contribution in [0.1, 0.15) is 24.0 Å². The van der Waals surface area contributed by atoms with Gasteiger partial charge in [0.25, 0.3) is 0 Å². The van der Waals surface area contributed by atoms with Crippen molar-refractivity contribution >= 4 is 18.0 Å². The zero-order valence-corrected chi connectivity index (χ0v) is 19.4. The average Bonchev–Trinajstić information content (AvgIpc) is 2.79. The topological polar surface area (TPSA) is 93.7 Å². The first-order valence-electron chi connectivity index (χ1n) is 10.3. The fourth-order valence-electron chi connectivity index (χ4n) is 4.06. The normalized spacial score (nSPS) is 17.4. The van der Waals surface area contributed by atoms with Gasteiger partial charge in [-0.2, -0.15) is 5.26 Å². The Morgan fingerprint density at radius 1 is 1.23 bits per heavy atom. The second-order valence-corrected chi connectivity index (χ2v) is 8.23. The Morgan fingerprint density at radius 3 is 2.65 bits per heavy atom. The Morgan fingerprint density at radius 2 is 1.97 bits per heavy atom. The molecule has 1 atom stereocenters. The number of rotatable bonds is 6. The quantitative estimate of drug-likeness (QED) is 0.691. The van der Waals surface area contributed by atoms with Gasteiger partial charge in [-0.25, -0.2) is 0 Å². The molecule has 0 spiro atoms. The molecule has 0 bridgehead atoms. The van der Waals surface area contributed by atoms with Crippen LogP contribution in [0.5, 0.6) is 11.5 Å². The maximum atomic E-state index is 9.58. The van der Waals surface area contributed by atoms with Gasteiger partial charge in [0.1, 0.15) is 17.5 Å². The van der Waals surface area contributed by atoms with Crippen LogP contribution >= 0.6 is 12.2 Å². The number of anilines is 1. The summed E-state index contributed by atoms with van der Waals surface area (Å²) >= 11 is 5.43. The zero-order chi connectivity index (χ0) is 22.5. The molecule has 0 radical (unpaired) electrons. The molecule has 1 aromatic carbocycles. The summed E-state index contributed by atoms with van der Waals surface area (Å²) in [6.45, 7) is 3.47. The molecule has 1 aromatic heterocycles.